The molecule has 1 fully saturated rings. The summed E-state index contributed by atoms with van der Waals surface area (Å²) in [4.78, 5) is 3.98. The van der Waals surface area contributed by atoms with Gasteiger partial charge in [-0.25, -0.2) is 4.98 Å². The smallest absolute Gasteiger partial charge is 0.319 e. The van der Waals surface area contributed by atoms with E-state index >= 15 is 0 Å². The quantitative estimate of drug-likeness (QED) is 0.879. The zero-order valence-corrected chi connectivity index (χ0v) is 12.9. The number of halogens is 2. The van der Waals surface area contributed by atoms with Crippen LogP contribution in [-0.4, -0.2) is 26.8 Å². The van der Waals surface area contributed by atoms with Crippen LogP contribution < -0.4 is 5.32 Å². The first-order valence-electron chi connectivity index (χ1n) is 7.43. The molecule has 4 nitrogen and oxygen atoms in total. The normalized spacial score (nSPS) is 29.0. The molecule has 0 amide bonds. The largest absolute Gasteiger partial charge is 0.394 e. The number of hydrogen-bond acceptors (Lipinski definition) is 3. The van der Waals surface area contributed by atoms with Gasteiger partial charge in [0.05, 0.1) is 13.2 Å². The Morgan fingerprint density at radius 2 is 2.19 bits per heavy atom. The van der Waals surface area contributed by atoms with E-state index in [0.29, 0.717) is 11.7 Å². The highest BCUT2D eigenvalue weighted by Gasteiger charge is 2.42. The number of alkyl halides is 2. The third kappa shape index (κ3) is 3.80. The van der Waals surface area contributed by atoms with Crippen molar-refractivity contribution in [3.63, 3.8) is 0 Å². The van der Waals surface area contributed by atoms with Crippen molar-refractivity contribution in [3.8, 4) is 0 Å². The lowest BCUT2D eigenvalue weighted by Gasteiger charge is -2.47. The van der Waals surface area contributed by atoms with Crippen molar-refractivity contribution in [2.75, 3.05) is 6.61 Å². The van der Waals surface area contributed by atoms with Crippen molar-refractivity contribution in [2.45, 2.75) is 58.7 Å². The average Bonchev–Trinajstić information content (AvgIpc) is 2.82. The number of imidazole rings is 1. The van der Waals surface area contributed by atoms with Crippen molar-refractivity contribution >= 4 is 0 Å². The van der Waals surface area contributed by atoms with E-state index < -0.39 is 12.1 Å². The molecule has 2 N–H and O–H groups in total. The number of nitrogens with zero attached hydrogens (tertiary/aromatic N) is 2. The van der Waals surface area contributed by atoms with Crippen molar-refractivity contribution in [1.82, 2.24) is 14.9 Å². The molecule has 120 valence electrons. The van der Waals surface area contributed by atoms with E-state index in [1.54, 1.807) is 0 Å². The van der Waals surface area contributed by atoms with E-state index in [1.807, 2.05) is 0 Å². The molecule has 1 aromatic rings. The summed E-state index contributed by atoms with van der Waals surface area (Å²) in [5.74, 6) is 0.789. The van der Waals surface area contributed by atoms with Gasteiger partial charge >= 0.3 is 6.55 Å². The number of aliphatic hydroxyl groups excluding tert-OH is 1. The van der Waals surface area contributed by atoms with Crippen LogP contribution in [0.15, 0.2) is 12.4 Å². The summed E-state index contributed by atoms with van der Waals surface area (Å²) in [7, 11) is 0. The van der Waals surface area contributed by atoms with E-state index in [2.05, 4.69) is 31.1 Å². The second-order valence-corrected chi connectivity index (χ2v) is 7.17. The van der Waals surface area contributed by atoms with Gasteiger partial charge in [0.1, 0.15) is 5.82 Å². The lowest BCUT2D eigenvalue weighted by Crippen LogP contribution is -2.55. The van der Waals surface area contributed by atoms with Crippen LogP contribution in [0.5, 0.6) is 0 Å². The fraction of sp³-hybridized carbons (Fsp3) is 0.800. The maximum Gasteiger partial charge on any atom is 0.319 e. The molecular formula is C15H25F2N3O. The molecule has 1 saturated carbocycles. The number of rotatable bonds is 5. The first-order chi connectivity index (χ1) is 9.77. The second-order valence-electron chi connectivity index (χ2n) is 7.17. The first kappa shape index (κ1) is 16.4. The Morgan fingerprint density at radius 1 is 1.48 bits per heavy atom. The van der Waals surface area contributed by atoms with Gasteiger partial charge in [0, 0.05) is 17.9 Å². The monoisotopic (exact) mass is 301 g/mol. The molecule has 2 rings (SSSR count). The minimum Gasteiger partial charge on any atom is -0.394 e. The van der Waals surface area contributed by atoms with Crippen molar-refractivity contribution in [3.05, 3.63) is 18.2 Å². The van der Waals surface area contributed by atoms with Crippen LogP contribution in [0, 0.1) is 11.3 Å². The van der Waals surface area contributed by atoms with E-state index in [1.165, 1.54) is 12.4 Å². The molecule has 0 spiro atoms. The Kier molecular flexibility index (Phi) is 4.68. The molecule has 0 aliphatic heterocycles. The molecule has 1 aliphatic carbocycles. The standard InChI is InChI=1S/C15H25F2N3O/c1-11-6-14(2,3)9-15(7-11,10-21)19-8-12-18-4-5-20(12)13(16)17/h4-5,11,13,19,21H,6-10H2,1-3H3. The van der Waals surface area contributed by atoms with Crippen LogP contribution in [0.1, 0.15) is 52.4 Å². The molecule has 6 heteroatoms. The average molecular weight is 301 g/mol. The summed E-state index contributed by atoms with van der Waals surface area (Å²) < 4.78 is 26.5. The Labute approximate surface area is 124 Å². The molecule has 2 atom stereocenters. The molecule has 2 unspecified atom stereocenters. The van der Waals surface area contributed by atoms with Gasteiger partial charge in [0.15, 0.2) is 0 Å². The maximum absolute atomic E-state index is 12.8. The summed E-state index contributed by atoms with van der Waals surface area (Å²) in [6, 6.07) is 0. The number of hydrogen-bond donors (Lipinski definition) is 2. The van der Waals surface area contributed by atoms with Crippen LogP contribution in [0.2, 0.25) is 0 Å². The van der Waals surface area contributed by atoms with Gasteiger partial charge in [-0.15, -0.1) is 0 Å². The van der Waals surface area contributed by atoms with E-state index in [0.717, 1.165) is 23.8 Å². The minimum atomic E-state index is -2.59. The van der Waals surface area contributed by atoms with Crippen LogP contribution in [0.4, 0.5) is 8.78 Å². The molecule has 21 heavy (non-hydrogen) atoms. The molecular weight excluding hydrogens is 276 g/mol. The SMILES string of the molecule is CC1CC(C)(C)CC(CO)(NCc2nccn2C(F)F)C1. The zero-order valence-electron chi connectivity index (χ0n) is 12.9. The topological polar surface area (TPSA) is 50.1 Å². The Balaban J connectivity index is 2.10. The Morgan fingerprint density at radius 3 is 2.76 bits per heavy atom. The van der Waals surface area contributed by atoms with Gasteiger partial charge in [-0.2, -0.15) is 8.78 Å². The van der Waals surface area contributed by atoms with Crippen LogP contribution >= 0.6 is 0 Å². The molecule has 0 saturated heterocycles. The van der Waals surface area contributed by atoms with E-state index in [9.17, 15) is 13.9 Å². The summed E-state index contributed by atoms with van der Waals surface area (Å²) in [6.45, 7) is 4.21. The van der Waals surface area contributed by atoms with Gasteiger partial charge in [0.25, 0.3) is 0 Å². The third-order valence-corrected chi connectivity index (χ3v) is 4.34. The summed E-state index contributed by atoms with van der Waals surface area (Å²) in [5.41, 5.74) is -0.286. The van der Waals surface area contributed by atoms with Gasteiger partial charge in [-0.05, 0) is 30.6 Å². The predicted octanol–water partition coefficient (Wildman–Crippen LogP) is 2.95. The van der Waals surface area contributed by atoms with Gasteiger partial charge in [-0.1, -0.05) is 20.8 Å². The van der Waals surface area contributed by atoms with Gasteiger partial charge < -0.3 is 10.4 Å². The highest BCUT2D eigenvalue weighted by molar-refractivity contribution is 5.01. The predicted molar refractivity (Wildman–Crippen MR) is 76.9 cm³/mol. The lowest BCUT2D eigenvalue weighted by molar-refractivity contribution is 0.0319. The second kappa shape index (κ2) is 6.01. The van der Waals surface area contributed by atoms with Crippen LogP contribution in [0.25, 0.3) is 0 Å². The number of aromatic nitrogens is 2. The molecule has 1 heterocycles. The zero-order chi connectivity index (χ0) is 15.7. The highest BCUT2D eigenvalue weighted by atomic mass is 19.3. The van der Waals surface area contributed by atoms with Crippen molar-refractivity contribution in [1.29, 1.82) is 0 Å². The molecule has 0 bridgehead atoms. The maximum atomic E-state index is 12.8. The number of aliphatic hydroxyl groups is 1. The highest BCUT2D eigenvalue weighted by Crippen LogP contribution is 2.43. The third-order valence-electron chi connectivity index (χ3n) is 4.34. The first-order valence-corrected chi connectivity index (χ1v) is 7.43. The molecule has 0 aromatic carbocycles. The van der Waals surface area contributed by atoms with Crippen molar-refractivity contribution in [2.24, 2.45) is 11.3 Å². The Hall–Kier alpha value is -1.01. The van der Waals surface area contributed by atoms with Crippen LogP contribution in [0.3, 0.4) is 0 Å². The summed E-state index contributed by atoms with van der Waals surface area (Å²) in [6.07, 6.45) is 5.45. The molecule has 1 aliphatic rings. The fourth-order valence-corrected chi connectivity index (χ4v) is 3.98. The molecule has 1 aromatic heterocycles. The summed E-state index contributed by atoms with van der Waals surface area (Å²) in [5, 5.41) is 13.2. The van der Waals surface area contributed by atoms with E-state index in [-0.39, 0.29) is 18.6 Å². The van der Waals surface area contributed by atoms with Crippen molar-refractivity contribution < 1.29 is 13.9 Å². The fourth-order valence-electron chi connectivity index (χ4n) is 3.98. The van der Waals surface area contributed by atoms with Crippen LogP contribution in [-0.2, 0) is 6.54 Å². The Bertz CT molecular complexity index is 475. The van der Waals surface area contributed by atoms with Gasteiger partial charge in [0.2, 0.25) is 0 Å². The minimum absolute atomic E-state index is 0.0101. The number of nitrogens with one attached hydrogen (secondary N) is 1. The molecule has 0 radical (unpaired) electrons. The van der Waals surface area contributed by atoms with Gasteiger partial charge in [-0.3, -0.25) is 4.57 Å². The van der Waals surface area contributed by atoms with E-state index in [4.69, 9.17) is 0 Å². The lowest BCUT2D eigenvalue weighted by atomic mass is 9.64. The summed E-state index contributed by atoms with van der Waals surface area (Å²) >= 11 is 0.